The number of hydrogen-bond acceptors (Lipinski definition) is 6. The van der Waals surface area contributed by atoms with Gasteiger partial charge in [-0.05, 0) is 42.7 Å². The molecule has 2 aromatic carbocycles. The van der Waals surface area contributed by atoms with Crippen molar-refractivity contribution in [1.29, 1.82) is 5.26 Å². The molecular weight excluding hydrogens is 552 g/mol. The molecule has 3 heterocycles. The lowest BCUT2D eigenvalue weighted by molar-refractivity contribution is -0.135. The summed E-state index contributed by atoms with van der Waals surface area (Å²) in [6.45, 7) is 2.04. The van der Waals surface area contributed by atoms with Crippen molar-refractivity contribution in [1.82, 2.24) is 14.8 Å². The van der Waals surface area contributed by atoms with Gasteiger partial charge in [0.2, 0.25) is 5.91 Å². The van der Waals surface area contributed by atoms with Gasteiger partial charge in [-0.2, -0.15) is 5.26 Å². The number of aromatic nitrogens is 1. The molecule has 0 unspecified atom stereocenters. The smallest absolute Gasteiger partial charge is 0.410 e. The first kappa shape index (κ1) is 28.3. The van der Waals surface area contributed by atoms with Crippen LogP contribution < -0.4 is 9.64 Å². The third-order valence-corrected chi connectivity index (χ3v) is 8.05. The molecule has 2 aliphatic heterocycles. The minimum Gasteiger partial charge on any atom is -0.410 e. The number of anilines is 1. The number of nitrogens with zero attached hydrogens (tertiary/aromatic N) is 5. The minimum atomic E-state index is -0.853. The van der Waals surface area contributed by atoms with Crippen LogP contribution in [0.3, 0.4) is 0 Å². The third kappa shape index (κ3) is 6.41. The van der Waals surface area contributed by atoms with Gasteiger partial charge in [0.1, 0.15) is 29.1 Å². The number of likely N-dealkylation sites (tertiary alicyclic amines) is 1. The molecule has 2 atom stereocenters. The van der Waals surface area contributed by atoms with Gasteiger partial charge >= 0.3 is 6.09 Å². The average molecular weight is 580 g/mol. The Kier molecular flexibility index (Phi) is 8.36. The highest BCUT2D eigenvalue weighted by Gasteiger charge is 2.42. The Balaban J connectivity index is 1.28. The summed E-state index contributed by atoms with van der Waals surface area (Å²) in [5.74, 6) is -2.31. The van der Waals surface area contributed by atoms with E-state index in [1.165, 1.54) is 4.90 Å². The van der Waals surface area contributed by atoms with Crippen LogP contribution in [0, 0.1) is 28.9 Å². The molecule has 0 radical (unpaired) electrons. The second-order valence-electron chi connectivity index (χ2n) is 10.3. The van der Waals surface area contributed by atoms with Crippen LogP contribution in [0.5, 0.6) is 5.75 Å². The van der Waals surface area contributed by atoms with Crippen LogP contribution in [-0.2, 0) is 4.79 Å². The zero-order valence-corrected chi connectivity index (χ0v) is 23.1. The maximum Gasteiger partial charge on any atom is 0.415 e. The fraction of sp³-hybridized carbons (Fsp3) is 0.333. The van der Waals surface area contributed by atoms with Crippen molar-refractivity contribution in [3.8, 4) is 11.8 Å². The lowest BCUT2D eigenvalue weighted by Crippen LogP contribution is -2.45. The molecule has 2 aliphatic rings. The van der Waals surface area contributed by atoms with E-state index in [9.17, 15) is 18.4 Å². The Morgan fingerprint density at radius 2 is 1.73 bits per heavy atom. The van der Waals surface area contributed by atoms with E-state index in [2.05, 4.69) is 9.88 Å². The molecule has 0 aliphatic carbocycles. The molecular formula is C30H28ClF2N5O3. The fourth-order valence-electron chi connectivity index (χ4n) is 5.57. The van der Waals surface area contributed by atoms with Crippen LogP contribution in [0.25, 0.3) is 0 Å². The molecule has 2 fully saturated rings. The number of piperidine rings is 1. The number of nitriles is 1. The Hall–Kier alpha value is -4.23. The van der Waals surface area contributed by atoms with Gasteiger partial charge in [-0.15, -0.1) is 0 Å². The van der Waals surface area contributed by atoms with Crippen LogP contribution >= 0.6 is 11.6 Å². The number of benzene rings is 2. The van der Waals surface area contributed by atoms with Crippen LogP contribution in [0.1, 0.15) is 30.0 Å². The normalized spacial score (nSPS) is 19.1. The standard InChI is InChI=1S/C30H28ClF2N5O3/c1-36(30(40)41-26-13-22(32)12-23(33)14-26)28-18-38(17-27(28)19-2-4-21(31)5-3-19)29(39)20-8-10-37(11-9-20)25-7-6-24(15-34)35-16-25/h2-7,12-14,16,20,27-28H,8-11,17-18H2,1H3/t27-,28+/m0/s1. The maximum atomic E-state index is 13.7. The van der Waals surface area contributed by atoms with E-state index in [-0.39, 0.29) is 30.0 Å². The first-order valence-electron chi connectivity index (χ1n) is 13.3. The number of carbonyl (C=O) groups is 2. The lowest BCUT2D eigenvalue weighted by Gasteiger charge is -2.34. The van der Waals surface area contributed by atoms with Gasteiger partial charge in [-0.1, -0.05) is 23.7 Å². The Labute approximate surface area is 241 Å². The van der Waals surface area contributed by atoms with E-state index in [0.717, 1.165) is 23.4 Å². The second kappa shape index (κ2) is 12.1. The zero-order valence-electron chi connectivity index (χ0n) is 22.3. The molecule has 2 saturated heterocycles. The van der Waals surface area contributed by atoms with Gasteiger partial charge in [0.15, 0.2) is 0 Å². The molecule has 11 heteroatoms. The van der Waals surface area contributed by atoms with Crippen molar-refractivity contribution >= 4 is 29.3 Å². The van der Waals surface area contributed by atoms with Gasteiger partial charge in [0, 0.05) is 68.3 Å². The van der Waals surface area contributed by atoms with Crippen molar-refractivity contribution in [2.45, 2.75) is 24.8 Å². The highest BCUT2D eigenvalue weighted by molar-refractivity contribution is 6.30. The lowest BCUT2D eigenvalue weighted by atomic mass is 9.93. The van der Waals surface area contributed by atoms with Gasteiger partial charge in [0.05, 0.1) is 17.9 Å². The quantitative estimate of drug-likeness (QED) is 0.411. The van der Waals surface area contributed by atoms with Gasteiger partial charge < -0.3 is 19.4 Å². The van der Waals surface area contributed by atoms with Crippen molar-refractivity contribution in [3.63, 3.8) is 0 Å². The minimum absolute atomic E-state index is 0.0260. The number of pyridine rings is 1. The summed E-state index contributed by atoms with van der Waals surface area (Å²) < 4.78 is 32.6. The molecule has 8 nitrogen and oxygen atoms in total. The summed E-state index contributed by atoms with van der Waals surface area (Å²) in [7, 11) is 1.56. The van der Waals surface area contributed by atoms with Crippen LogP contribution in [0.4, 0.5) is 19.3 Å². The van der Waals surface area contributed by atoms with Gasteiger partial charge in [-0.3, -0.25) is 4.79 Å². The molecule has 5 rings (SSSR count). The van der Waals surface area contributed by atoms with Crippen molar-refractivity contribution in [2.24, 2.45) is 5.92 Å². The molecule has 0 bridgehead atoms. The van der Waals surface area contributed by atoms with E-state index >= 15 is 0 Å². The Morgan fingerprint density at radius 1 is 1.05 bits per heavy atom. The van der Waals surface area contributed by atoms with E-state index in [0.29, 0.717) is 49.3 Å². The van der Waals surface area contributed by atoms with Crippen molar-refractivity contribution in [2.75, 3.05) is 38.1 Å². The largest absolute Gasteiger partial charge is 0.415 e. The summed E-state index contributed by atoms with van der Waals surface area (Å²) in [6.07, 6.45) is 2.22. The second-order valence-corrected chi connectivity index (χ2v) is 10.8. The molecule has 3 aromatic rings. The highest BCUT2D eigenvalue weighted by atomic mass is 35.5. The van der Waals surface area contributed by atoms with E-state index in [4.69, 9.17) is 21.6 Å². The number of hydrogen-bond donors (Lipinski definition) is 0. The summed E-state index contributed by atoms with van der Waals surface area (Å²) in [5.41, 5.74) is 2.18. The van der Waals surface area contributed by atoms with Crippen LogP contribution in [0.15, 0.2) is 60.8 Å². The predicted molar refractivity (Wildman–Crippen MR) is 149 cm³/mol. The number of carbonyl (C=O) groups excluding carboxylic acids is 2. The number of likely N-dealkylation sites (N-methyl/N-ethyl adjacent to an activating group) is 1. The van der Waals surface area contributed by atoms with Crippen LogP contribution in [-0.4, -0.2) is 66.1 Å². The topological polar surface area (TPSA) is 89.8 Å². The molecule has 41 heavy (non-hydrogen) atoms. The fourth-order valence-corrected chi connectivity index (χ4v) is 5.70. The summed E-state index contributed by atoms with van der Waals surface area (Å²) in [4.78, 5) is 36.2. The first-order chi connectivity index (χ1) is 19.7. The molecule has 0 N–H and O–H groups in total. The monoisotopic (exact) mass is 579 g/mol. The number of amides is 2. The third-order valence-electron chi connectivity index (χ3n) is 7.80. The van der Waals surface area contributed by atoms with Gasteiger partial charge in [-0.25, -0.2) is 18.6 Å². The highest BCUT2D eigenvalue weighted by Crippen LogP contribution is 2.34. The van der Waals surface area contributed by atoms with E-state index < -0.39 is 23.8 Å². The number of halogens is 3. The summed E-state index contributed by atoms with van der Waals surface area (Å²) in [5, 5.41) is 9.55. The van der Waals surface area contributed by atoms with Crippen LogP contribution in [0.2, 0.25) is 5.02 Å². The number of rotatable bonds is 5. The van der Waals surface area contributed by atoms with Crippen molar-refractivity contribution < 1.29 is 23.1 Å². The molecule has 1 aromatic heterocycles. The molecule has 2 amide bonds. The molecule has 0 spiro atoms. The van der Waals surface area contributed by atoms with E-state index in [1.54, 1.807) is 36.3 Å². The summed E-state index contributed by atoms with van der Waals surface area (Å²) in [6, 6.07) is 15.0. The van der Waals surface area contributed by atoms with Crippen molar-refractivity contribution in [3.05, 3.63) is 88.7 Å². The predicted octanol–water partition coefficient (Wildman–Crippen LogP) is 5.23. The van der Waals surface area contributed by atoms with Gasteiger partial charge in [0.25, 0.3) is 0 Å². The zero-order chi connectivity index (χ0) is 29.1. The first-order valence-corrected chi connectivity index (χ1v) is 13.7. The van der Waals surface area contributed by atoms with E-state index in [1.807, 2.05) is 24.3 Å². The SMILES string of the molecule is CN(C(=O)Oc1cc(F)cc(F)c1)[C@@H]1CN(C(=O)C2CCN(c3ccc(C#N)nc3)CC2)C[C@H]1c1ccc(Cl)cc1. The average Bonchev–Trinajstić information content (AvgIpc) is 3.42. The molecule has 0 saturated carbocycles. The number of ether oxygens (including phenoxy) is 1. The summed E-state index contributed by atoms with van der Waals surface area (Å²) >= 11 is 6.10. The maximum absolute atomic E-state index is 13.7. The Bertz CT molecular complexity index is 1440. The Morgan fingerprint density at radius 3 is 2.34 bits per heavy atom. The molecule has 212 valence electrons.